The zero-order chi connectivity index (χ0) is 16.9. The number of halogens is 3. The SMILES string of the molecule is C/C=C/C(=O)OC1CCC(c2ccc(OC(F)(F)F)cc2)CC1. The van der Waals surface area contributed by atoms with Crippen LogP contribution >= 0.6 is 0 Å². The topological polar surface area (TPSA) is 35.5 Å². The van der Waals surface area contributed by atoms with Crippen molar-refractivity contribution in [1.29, 1.82) is 0 Å². The van der Waals surface area contributed by atoms with Crippen LogP contribution in [0, 0.1) is 0 Å². The molecule has 0 spiro atoms. The van der Waals surface area contributed by atoms with Gasteiger partial charge in [0.15, 0.2) is 0 Å². The Kier molecular flexibility index (Phi) is 5.69. The number of benzene rings is 1. The predicted octanol–water partition coefficient (Wildman–Crippen LogP) is 4.73. The smallest absolute Gasteiger partial charge is 0.459 e. The van der Waals surface area contributed by atoms with Gasteiger partial charge in [0, 0.05) is 6.08 Å². The summed E-state index contributed by atoms with van der Waals surface area (Å²) < 4.78 is 45.6. The fraction of sp³-hybridized carbons (Fsp3) is 0.471. The van der Waals surface area contributed by atoms with Crippen molar-refractivity contribution in [2.24, 2.45) is 0 Å². The summed E-state index contributed by atoms with van der Waals surface area (Å²) in [5, 5.41) is 0. The third kappa shape index (κ3) is 5.62. The molecule has 0 radical (unpaired) electrons. The molecule has 0 amide bonds. The van der Waals surface area contributed by atoms with Crippen LogP contribution in [0.1, 0.15) is 44.1 Å². The van der Waals surface area contributed by atoms with Crippen molar-refractivity contribution < 1.29 is 27.4 Å². The number of ether oxygens (including phenoxy) is 2. The minimum atomic E-state index is -4.67. The highest BCUT2D eigenvalue weighted by Crippen LogP contribution is 2.35. The van der Waals surface area contributed by atoms with E-state index < -0.39 is 6.36 Å². The van der Waals surface area contributed by atoms with E-state index in [4.69, 9.17) is 4.74 Å². The van der Waals surface area contributed by atoms with E-state index in [9.17, 15) is 18.0 Å². The molecule has 0 atom stereocenters. The van der Waals surface area contributed by atoms with Gasteiger partial charge in [0.25, 0.3) is 0 Å². The normalized spacial score (nSPS) is 22.1. The third-order valence-electron chi connectivity index (χ3n) is 3.84. The molecular formula is C17H19F3O3. The number of hydrogen-bond acceptors (Lipinski definition) is 3. The van der Waals surface area contributed by atoms with Crippen molar-refractivity contribution in [3.8, 4) is 5.75 Å². The van der Waals surface area contributed by atoms with Gasteiger partial charge in [-0.3, -0.25) is 0 Å². The quantitative estimate of drug-likeness (QED) is 0.592. The largest absolute Gasteiger partial charge is 0.573 e. The summed E-state index contributed by atoms with van der Waals surface area (Å²) in [6, 6.07) is 6.00. The second kappa shape index (κ2) is 7.53. The van der Waals surface area contributed by atoms with Crippen LogP contribution in [0.25, 0.3) is 0 Å². The van der Waals surface area contributed by atoms with Gasteiger partial charge in [-0.25, -0.2) is 4.79 Å². The van der Waals surface area contributed by atoms with Crippen molar-refractivity contribution in [2.75, 3.05) is 0 Å². The first-order valence-corrected chi connectivity index (χ1v) is 7.56. The van der Waals surface area contributed by atoms with E-state index in [1.54, 1.807) is 25.1 Å². The van der Waals surface area contributed by atoms with Crippen LogP contribution in [0.5, 0.6) is 5.75 Å². The number of hydrogen-bond donors (Lipinski definition) is 0. The lowest BCUT2D eigenvalue weighted by atomic mass is 9.83. The first-order valence-electron chi connectivity index (χ1n) is 7.56. The van der Waals surface area contributed by atoms with Gasteiger partial charge >= 0.3 is 12.3 Å². The van der Waals surface area contributed by atoms with Crippen LogP contribution in [-0.2, 0) is 9.53 Å². The lowest BCUT2D eigenvalue weighted by Crippen LogP contribution is -2.23. The molecule has 0 bridgehead atoms. The molecule has 0 N–H and O–H groups in total. The summed E-state index contributed by atoms with van der Waals surface area (Å²) in [7, 11) is 0. The average Bonchev–Trinajstić information content (AvgIpc) is 2.47. The van der Waals surface area contributed by atoms with Gasteiger partial charge in [-0.15, -0.1) is 13.2 Å². The van der Waals surface area contributed by atoms with E-state index in [2.05, 4.69) is 4.74 Å². The maximum Gasteiger partial charge on any atom is 0.573 e. The summed E-state index contributed by atoms with van der Waals surface area (Å²) in [4.78, 5) is 11.4. The molecule has 1 aromatic carbocycles. The van der Waals surface area contributed by atoms with Gasteiger partial charge in [-0.05, 0) is 56.2 Å². The first-order chi connectivity index (χ1) is 10.9. The Morgan fingerprint density at radius 2 is 1.74 bits per heavy atom. The third-order valence-corrected chi connectivity index (χ3v) is 3.84. The average molecular weight is 328 g/mol. The zero-order valence-corrected chi connectivity index (χ0v) is 12.8. The van der Waals surface area contributed by atoms with E-state index in [-0.39, 0.29) is 23.7 Å². The monoisotopic (exact) mass is 328 g/mol. The maximum atomic E-state index is 12.1. The zero-order valence-electron chi connectivity index (χ0n) is 12.8. The summed E-state index contributed by atoms with van der Waals surface area (Å²) in [6.07, 6.45) is 1.48. The molecule has 0 aliphatic heterocycles. The molecule has 0 aromatic heterocycles. The summed E-state index contributed by atoms with van der Waals surface area (Å²) in [6.45, 7) is 1.75. The maximum absolute atomic E-state index is 12.1. The summed E-state index contributed by atoms with van der Waals surface area (Å²) in [5.41, 5.74) is 0.984. The van der Waals surface area contributed by atoms with Crippen LogP contribution < -0.4 is 4.74 Å². The van der Waals surface area contributed by atoms with Crippen LogP contribution in [0.15, 0.2) is 36.4 Å². The highest BCUT2D eigenvalue weighted by atomic mass is 19.4. The minimum Gasteiger partial charge on any atom is -0.459 e. The molecule has 2 rings (SSSR count). The second-order valence-electron chi connectivity index (χ2n) is 5.53. The van der Waals surface area contributed by atoms with E-state index in [1.165, 1.54) is 18.2 Å². The molecular weight excluding hydrogens is 309 g/mol. The van der Waals surface area contributed by atoms with Gasteiger partial charge in [-0.2, -0.15) is 0 Å². The second-order valence-corrected chi connectivity index (χ2v) is 5.53. The van der Waals surface area contributed by atoms with Crippen molar-refractivity contribution >= 4 is 5.97 Å². The lowest BCUT2D eigenvalue weighted by molar-refractivity contribution is -0.274. The molecule has 6 heteroatoms. The highest BCUT2D eigenvalue weighted by molar-refractivity contribution is 5.81. The number of allylic oxidation sites excluding steroid dienone is 1. The molecule has 3 nitrogen and oxygen atoms in total. The summed E-state index contributed by atoms with van der Waals surface area (Å²) >= 11 is 0. The van der Waals surface area contributed by atoms with Crippen LogP contribution in [0.2, 0.25) is 0 Å². The van der Waals surface area contributed by atoms with Crippen LogP contribution in [-0.4, -0.2) is 18.4 Å². The molecule has 1 fully saturated rings. The number of carbonyl (C=O) groups is 1. The molecule has 0 heterocycles. The van der Waals surface area contributed by atoms with E-state index in [1.807, 2.05) is 0 Å². The van der Waals surface area contributed by atoms with Crippen molar-refractivity contribution in [1.82, 2.24) is 0 Å². The molecule has 126 valence electrons. The Balaban J connectivity index is 1.86. The Labute approximate surface area is 133 Å². The fourth-order valence-electron chi connectivity index (χ4n) is 2.80. The molecule has 1 aliphatic rings. The molecule has 0 unspecified atom stereocenters. The van der Waals surface area contributed by atoms with E-state index in [0.29, 0.717) is 0 Å². The number of carbonyl (C=O) groups excluding carboxylic acids is 1. The van der Waals surface area contributed by atoms with Gasteiger partial charge in [-0.1, -0.05) is 18.2 Å². The van der Waals surface area contributed by atoms with E-state index in [0.717, 1.165) is 31.2 Å². The standard InChI is InChI=1S/C17H19F3O3/c1-2-3-16(21)22-14-8-4-12(5-9-14)13-6-10-15(11-7-13)23-17(18,19)20/h2-3,6-7,10-12,14H,4-5,8-9H2,1H3/b3-2+. The van der Waals surface area contributed by atoms with E-state index >= 15 is 0 Å². The number of rotatable bonds is 4. The Bertz CT molecular complexity index is 541. The van der Waals surface area contributed by atoms with Crippen molar-refractivity contribution in [3.63, 3.8) is 0 Å². The Morgan fingerprint density at radius 1 is 1.13 bits per heavy atom. The number of esters is 1. The summed E-state index contributed by atoms with van der Waals surface area (Å²) in [5.74, 6) is -0.272. The van der Waals surface area contributed by atoms with Gasteiger partial charge in [0.05, 0.1) is 0 Å². The van der Waals surface area contributed by atoms with Gasteiger partial charge in [0.2, 0.25) is 0 Å². The molecule has 23 heavy (non-hydrogen) atoms. The Morgan fingerprint density at radius 3 is 2.26 bits per heavy atom. The molecule has 1 aromatic rings. The van der Waals surface area contributed by atoms with Crippen LogP contribution in [0.4, 0.5) is 13.2 Å². The first kappa shape index (κ1) is 17.4. The molecule has 1 aliphatic carbocycles. The van der Waals surface area contributed by atoms with Crippen molar-refractivity contribution in [2.45, 2.75) is 51.0 Å². The Hall–Kier alpha value is -1.98. The minimum absolute atomic E-state index is 0.0808. The molecule has 0 saturated heterocycles. The predicted molar refractivity (Wildman–Crippen MR) is 79.0 cm³/mol. The lowest BCUT2D eigenvalue weighted by Gasteiger charge is -2.28. The molecule has 1 saturated carbocycles. The van der Waals surface area contributed by atoms with Gasteiger partial charge < -0.3 is 9.47 Å². The van der Waals surface area contributed by atoms with Crippen molar-refractivity contribution in [3.05, 3.63) is 42.0 Å². The number of alkyl halides is 3. The fourth-order valence-corrected chi connectivity index (χ4v) is 2.80. The van der Waals surface area contributed by atoms with Gasteiger partial charge in [0.1, 0.15) is 11.9 Å². The highest BCUT2D eigenvalue weighted by Gasteiger charge is 2.31. The van der Waals surface area contributed by atoms with Crippen LogP contribution in [0.3, 0.4) is 0 Å².